The van der Waals surface area contributed by atoms with E-state index >= 15 is 0 Å². The van der Waals surface area contributed by atoms with Crippen LogP contribution in [0.15, 0.2) is 49.0 Å². The Balaban J connectivity index is 1.44. The number of likely N-dealkylation sites (tertiary alicyclic amines) is 1. The molecule has 1 N–H and O–H groups in total. The summed E-state index contributed by atoms with van der Waals surface area (Å²) in [7, 11) is 1.98. The van der Waals surface area contributed by atoms with Gasteiger partial charge in [0.2, 0.25) is 0 Å². The number of aryl methyl sites for hydroxylation is 2. The van der Waals surface area contributed by atoms with Crippen LogP contribution in [0.1, 0.15) is 36.0 Å². The Hall–Kier alpha value is -2.39. The Kier molecular flexibility index (Phi) is 4.88. The fourth-order valence-corrected chi connectivity index (χ4v) is 4.44. The van der Waals surface area contributed by atoms with E-state index in [-0.39, 0.29) is 5.54 Å². The van der Waals surface area contributed by atoms with Crippen molar-refractivity contribution in [2.24, 2.45) is 0 Å². The Morgan fingerprint density at radius 3 is 2.52 bits per heavy atom. The first-order chi connectivity index (χ1) is 13.1. The monoisotopic (exact) mass is 360 g/mol. The predicted molar refractivity (Wildman–Crippen MR) is 112 cm³/mol. The molecule has 0 amide bonds. The van der Waals surface area contributed by atoms with E-state index in [4.69, 9.17) is 0 Å². The lowest BCUT2D eigenvalue weighted by Gasteiger charge is -2.52. The molecular formula is C24H28N2O. The van der Waals surface area contributed by atoms with Gasteiger partial charge in [0.15, 0.2) is 0 Å². The van der Waals surface area contributed by atoms with E-state index < -0.39 is 0 Å². The molecule has 0 bridgehead atoms. The van der Waals surface area contributed by atoms with E-state index in [1.807, 2.05) is 7.05 Å². The Bertz CT molecular complexity index is 847. The van der Waals surface area contributed by atoms with Crippen molar-refractivity contribution in [2.75, 3.05) is 20.1 Å². The number of aldehydes is 1. The van der Waals surface area contributed by atoms with Crippen molar-refractivity contribution in [3.63, 3.8) is 0 Å². The van der Waals surface area contributed by atoms with Crippen LogP contribution in [-0.2, 0) is 17.6 Å². The van der Waals surface area contributed by atoms with Gasteiger partial charge >= 0.3 is 0 Å². The largest absolute Gasteiger partial charge is 0.368 e. The third kappa shape index (κ3) is 3.44. The second-order valence-electron chi connectivity index (χ2n) is 7.95. The zero-order valence-electron chi connectivity index (χ0n) is 16.1. The second kappa shape index (κ2) is 7.32. The van der Waals surface area contributed by atoms with Crippen molar-refractivity contribution in [3.8, 4) is 11.1 Å². The van der Waals surface area contributed by atoms with Crippen molar-refractivity contribution in [1.29, 1.82) is 0 Å². The van der Waals surface area contributed by atoms with Crippen LogP contribution < -0.4 is 5.32 Å². The first-order valence-electron chi connectivity index (χ1n) is 9.93. The van der Waals surface area contributed by atoms with Crippen LogP contribution in [-0.4, -0.2) is 36.9 Å². The molecule has 0 aromatic heterocycles. The van der Waals surface area contributed by atoms with Gasteiger partial charge in [-0.2, -0.15) is 0 Å². The van der Waals surface area contributed by atoms with Gasteiger partial charge in [-0.25, -0.2) is 0 Å². The molecule has 1 aliphatic carbocycles. The SMILES string of the molecule is C=C(c1ccc(-c2ccc3c(c2)CCC3)cc1)N1CC(CCC=O)(NC)C1. The topological polar surface area (TPSA) is 32.3 Å². The van der Waals surface area contributed by atoms with Gasteiger partial charge in [0.1, 0.15) is 6.29 Å². The molecule has 3 heteroatoms. The molecule has 27 heavy (non-hydrogen) atoms. The minimum Gasteiger partial charge on any atom is -0.368 e. The van der Waals surface area contributed by atoms with Gasteiger partial charge in [-0.15, -0.1) is 0 Å². The number of nitrogens with zero attached hydrogens (tertiary/aromatic N) is 1. The molecule has 1 saturated heterocycles. The number of hydrogen-bond acceptors (Lipinski definition) is 3. The number of carbonyl (C=O) groups excluding carboxylic acids is 1. The number of nitrogens with one attached hydrogen (secondary N) is 1. The minimum absolute atomic E-state index is 0.0498. The maximum absolute atomic E-state index is 10.7. The molecule has 2 aromatic carbocycles. The highest BCUT2D eigenvalue weighted by Crippen LogP contribution is 2.33. The van der Waals surface area contributed by atoms with Crippen molar-refractivity contribution < 1.29 is 4.79 Å². The van der Waals surface area contributed by atoms with Gasteiger partial charge < -0.3 is 15.0 Å². The van der Waals surface area contributed by atoms with Crippen molar-refractivity contribution >= 4 is 12.0 Å². The van der Waals surface area contributed by atoms with E-state index in [2.05, 4.69) is 59.3 Å². The summed E-state index contributed by atoms with van der Waals surface area (Å²) in [6.07, 6.45) is 6.22. The molecule has 0 unspecified atom stereocenters. The smallest absolute Gasteiger partial charge is 0.120 e. The van der Waals surface area contributed by atoms with Gasteiger partial charge in [-0.1, -0.05) is 49.0 Å². The molecule has 2 aliphatic rings. The predicted octanol–water partition coefficient (Wildman–Crippen LogP) is 4.07. The van der Waals surface area contributed by atoms with E-state index in [1.165, 1.54) is 47.1 Å². The van der Waals surface area contributed by atoms with E-state index in [0.717, 1.165) is 31.5 Å². The molecular weight excluding hydrogens is 332 g/mol. The third-order valence-electron chi connectivity index (χ3n) is 6.29. The maximum atomic E-state index is 10.7. The average Bonchev–Trinajstić information content (AvgIpc) is 3.15. The maximum Gasteiger partial charge on any atom is 0.120 e. The molecule has 0 radical (unpaired) electrons. The lowest BCUT2D eigenvalue weighted by molar-refractivity contribution is -0.108. The van der Waals surface area contributed by atoms with Crippen LogP contribution in [0.2, 0.25) is 0 Å². The Morgan fingerprint density at radius 2 is 1.81 bits per heavy atom. The summed E-state index contributed by atoms with van der Waals surface area (Å²) in [4.78, 5) is 13.0. The van der Waals surface area contributed by atoms with Crippen LogP contribution in [0.3, 0.4) is 0 Å². The highest BCUT2D eigenvalue weighted by atomic mass is 16.1. The number of carbonyl (C=O) groups is 1. The second-order valence-corrected chi connectivity index (χ2v) is 7.95. The fourth-order valence-electron chi connectivity index (χ4n) is 4.44. The van der Waals surface area contributed by atoms with Crippen LogP contribution >= 0.6 is 0 Å². The zero-order chi connectivity index (χ0) is 18.9. The van der Waals surface area contributed by atoms with Crippen molar-refractivity contribution in [2.45, 2.75) is 37.6 Å². The number of benzene rings is 2. The molecule has 1 heterocycles. The van der Waals surface area contributed by atoms with Gasteiger partial charge in [-0.05, 0) is 60.5 Å². The molecule has 1 aliphatic heterocycles. The highest BCUT2D eigenvalue weighted by Gasteiger charge is 2.41. The summed E-state index contributed by atoms with van der Waals surface area (Å²) < 4.78 is 0. The standard InChI is InChI=1S/C24H28N2O/c1-18(26-16-24(17-26,25-2)13-4-14-27)19-7-9-21(10-8-19)23-12-11-20-5-3-6-22(20)15-23/h7-12,14-15,25H,1,3-6,13,16-17H2,2H3. The zero-order valence-corrected chi connectivity index (χ0v) is 16.1. The van der Waals surface area contributed by atoms with Crippen LogP contribution in [0.25, 0.3) is 16.8 Å². The minimum atomic E-state index is 0.0498. The van der Waals surface area contributed by atoms with Gasteiger partial charge in [0.25, 0.3) is 0 Å². The average molecular weight is 361 g/mol. The van der Waals surface area contributed by atoms with Crippen LogP contribution in [0.5, 0.6) is 0 Å². The lowest BCUT2D eigenvalue weighted by Crippen LogP contribution is -2.67. The van der Waals surface area contributed by atoms with Crippen LogP contribution in [0.4, 0.5) is 0 Å². The summed E-state index contributed by atoms with van der Waals surface area (Å²) in [5.41, 5.74) is 7.88. The van der Waals surface area contributed by atoms with E-state index in [1.54, 1.807) is 0 Å². The van der Waals surface area contributed by atoms with Gasteiger partial charge in [0.05, 0.1) is 5.54 Å². The molecule has 0 saturated carbocycles. The molecule has 1 fully saturated rings. The molecule has 140 valence electrons. The molecule has 0 atom stereocenters. The number of hydrogen-bond donors (Lipinski definition) is 1. The fraction of sp³-hybridized carbons (Fsp3) is 0.375. The molecule has 2 aromatic rings. The summed E-state index contributed by atoms with van der Waals surface area (Å²) in [6, 6.07) is 15.7. The number of fused-ring (bicyclic) bond motifs is 1. The number of rotatable bonds is 7. The summed E-state index contributed by atoms with van der Waals surface area (Å²) >= 11 is 0. The Labute approximate surface area is 162 Å². The van der Waals surface area contributed by atoms with Crippen molar-refractivity contribution in [1.82, 2.24) is 10.2 Å². The third-order valence-corrected chi connectivity index (χ3v) is 6.29. The summed E-state index contributed by atoms with van der Waals surface area (Å²) in [6.45, 7) is 6.12. The molecule has 0 spiro atoms. The normalized spacial score (nSPS) is 17.3. The quantitative estimate of drug-likeness (QED) is 0.756. The number of likely N-dealkylation sites (N-methyl/N-ethyl adjacent to an activating group) is 1. The summed E-state index contributed by atoms with van der Waals surface area (Å²) in [5, 5.41) is 3.40. The van der Waals surface area contributed by atoms with E-state index in [0.29, 0.717) is 6.42 Å². The van der Waals surface area contributed by atoms with Gasteiger partial charge in [0, 0.05) is 25.2 Å². The summed E-state index contributed by atoms with van der Waals surface area (Å²) in [5.74, 6) is 0. The lowest BCUT2D eigenvalue weighted by atomic mass is 9.84. The van der Waals surface area contributed by atoms with Crippen LogP contribution in [0, 0.1) is 0 Å². The molecule has 4 rings (SSSR count). The highest BCUT2D eigenvalue weighted by molar-refractivity contribution is 5.70. The van der Waals surface area contributed by atoms with Gasteiger partial charge in [-0.3, -0.25) is 0 Å². The molecule has 3 nitrogen and oxygen atoms in total. The first-order valence-corrected chi connectivity index (χ1v) is 9.93. The first kappa shape index (κ1) is 18.0. The Morgan fingerprint density at radius 1 is 1.11 bits per heavy atom. The van der Waals surface area contributed by atoms with Crippen molar-refractivity contribution in [3.05, 3.63) is 65.7 Å². The van der Waals surface area contributed by atoms with E-state index in [9.17, 15) is 4.79 Å².